The first-order chi connectivity index (χ1) is 13.5. The number of nitrogens with two attached hydrogens (primary N) is 1. The molecular formula is C22H34FIN4O. The van der Waals surface area contributed by atoms with Crippen LogP contribution in [-0.2, 0) is 10.2 Å². The van der Waals surface area contributed by atoms with Crippen LogP contribution in [0.3, 0.4) is 0 Å². The second kappa shape index (κ2) is 11.1. The maximum absolute atomic E-state index is 13.4. The molecule has 1 heterocycles. The van der Waals surface area contributed by atoms with Gasteiger partial charge >= 0.3 is 0 Å². The van der Waals surface area contributed by atoms with Gasteiger partial charge in [-0.2, -0.15) is 0 Å². The zero-order valence-electron chi connectivity index (χ0n) is 17.3. The Morgan fingerprint density at radius 2 is 1.97 bits per heavy atom. The number of likely N-dealkylation sites (tertiary alicyclic amines) is 1. The smallest absolute Gasteiger partial charge is 0.217 e. The van der Waals surface area contributed by atoms with Crippen molar-refractivity contribution in [1.82, 2.24) is 10.2 Å². The summed E-state index contributed by atoms with van der Waals surface area (Å²) in [4.78, 5) is 18.6. The zero-order chi connectivity index (χ0) is 20.0. The van der Waals surface area contributed by atoms with Crippen LogP contribution in [-0.4, -0.2) is 42.9 Å². The number of guanidine groups is 1. The molecular weight excluding hydrogens is 482 g/mol. The molecule has 1 saturated heterocycles. The quantitative estimate of drug-likeness (QED) is 0.343. The Morgan fingerprint density at radius 1 is 1.28 bits per heavy atom. The van der Waals surface area contributed by atoms with Gasteiger partial charge in [-0.3, -0.25) is 9.79 Å². The van der Waals surface area contributed by atoms with E-state index in [1.54, 1.807) is 12.1 Å². The van der Waals surface area contributed by atoms with Gasteiger partial charge in [-0.1, -0.05) is 25.0 Å². The second-order valence-electron chi connectivity index (χ2n) is 8.29. The van der Waals surface area contributed by atoms with Crippen LogP contribution in [0.15, 0.2) is 29.3 Å². The number of nitrogens with one attached hydrogen (secondary N) is 1. The molecule has 2 fully saturated rings. The van der Waals surface area contributed by atoms with Gasteiger partial charge in [0.2, 0.25) is 5.91 Å². The Balaban J connectivity index is 0.00000300. The maximum atomic E-state index is 13.4. The van der Waals surface area contributed by atoms with Crippen molar-refractivity contribution in [3.8, 4) is 0 Å². The molecule has 0 bridgehead atoms. The fraction of sp³-hybridized carbons (Fsp3) is 0.636. The number of carbonyl (C=O) groups is 1. The molecule has 1 unspecified atom stereocenters. The molecule has 1 amide bonds. The van der Waals surface area contributed by atoms with E-state index in [0.717, 1.165) is 51.3 Å². The third kappa shape index (κ3) is 6.30. The van der Waals surface area contributed by atoms with Crippen molar-refractivity contribution in [2.75, 3.05) is 26.2 Å². The average molecular weight is 516 g/mol. The lowest BCUT2D eigenvalue weighted by molar-refractivity contribution is -0.119. The molecule has 5 nitrogen and oxygen atoms in total. The van der Waals surface area contributed by atoms with E-state index in [1.807, 2.05) is 12.1 Å². The summed E-state index contributed by atoms with van der Waals surface area (Å²) >= 11 is 0. The number of hydrogen-bond donors (Lipinski definition) is 2. The van der Waals surface area contributed by atoms with Gasteiger partial charge in [-0.15, -0.1) is 24.0 Å². The fourth-order valence-electron chi connectivity index (χ4n) is 4.75. The summed E-state index contributed by atoms with van der Waals surface area (Å²) in [7, 11) is 0. The number of hydrogen-bond acceptors (Lipinski definition) is 2. The highest BCUT2D eigenvalue weighted by Crippen LogP contribution is 2.41. The predicted molar refractivity (Wildman–Crippen MR) is 126 cm³/mol. The summed E-state index contributed by atoms with van der Waals surface area (Å²) in [5, 5.41) is 3.43. The molecule has 7 heteroatoms. The lowest BCUT2D eigenvalue weighted by atomic mass is 9.79. The third-order valence-corrected chi connectivity index (χ3v) is 6.19. The van der Waals surface area contributed by atoms with Crippen molar-refractivity contribution >= 4 is 35.8 Å². The molecule has 0 radical (unpaired) electrons. The van der Waals surface area contributed by atoms with E-state index in [4.69, 9.17) is 10.7 Å². The Morgan fingerprint density at radius 3 is 2.59 bits per heavy atom. The summed E-state index contributed by atoms with van der Waals surface area (Å²) < 4.78 is 13.4. The summed E-state index contributed by atoms with van der Waals surface area (Å²) in [6, 6.07) is 6.96. The van der Waals surface area contributed by atoms with E-state index in [1.165, 1.54) is 18.4 Å². The molecule has 1 aliphatic carbocycles. The van der Waals surface area contributed by atoms with Crippen LogP contribution in [0.1, 0.15) is 57.4 Å². The van der Waals surface area contributed by atoms with E-state index in [2.05, 4.69) is 17.1 Å². The molecule has 0 spiro atoms. The maximum Gasteiger partial charge on any atom is 0.217 e. The number of nitrogens with zero attached hydrogens (tertiary/aromatic N) is 2. The monoisotopic (exact) mass is 516 g/mol. The number of aliphatic imine (C=N–C) groups is 1. The number of primary amides is 1. The van der Waals surface area contributed by atoms with Gasteiger partial charge in [0.05, 0.1) is 6.54 Å². The molecule has 162 valence electrons. The minimum Gasteiger partial charge on any atom is -0.370 e. The van der Waals surface area contributed by atoms with Crippen molar-refractivity contribution < 1.29 is 9.18 Å². The van der Waals surface area contributed by atoms with E-state index in [0.29, 0.717) is 18.9 Å². The molecule has 1 saturated carbocycles. The van der Waals surface area contributed by atoms with Crippen molar-refractivity contribution in [1.29, 1.82) is 0 Å². The summed E-state index contributed by atoms with van der Waals surface area (Å²) in [5.41, 5.74) is 6.60. The van der Waals surface area contributed by atoms with Gasteiger partial charge in [0.25, 0.3) is 0 Å². The first kappa shape index (κ1) is 23.9. The van der Waals surface area contributed by atoms with E-state index in [-0.39, 0.29) is 41.1 Å². The van der Waals surface area contributed by atoms with Gasteiger partial charge in [-0.25, -0.2) is 4.39 Å². The van der Waals surface area contributed by atoms with Crippen LogP contribution in [0, 0.1) is 11.7 Å². The molecule has 1 aromatic rings. The highest BCUT2D eigenvalue weighted by molar-refractivity contribution is 14.0. The van der Waals surface area contributed by atoms with Gasteiger partial charge in [-0.05, 0) is 56.2 Å². The van der Waals surface area contributed by atoms with Crippen molar-refractivity contribution in [3.63, 3.8) is 0 Å². The first-order valence-electron chi connectivity index (χ1n) is 10.6. The molecule has 0 aromatic heterocycles. The average Bonchev–Trinajstić information content (AvgIpc) is 3.15. The molecule has 3 rings (SSSR count). The highest BCUT2D eigenvalue weighted by atomic mass is 127. The largest absolute Gasteiger partial charge is 0.370 e. The van der Waals surface area contributed by atoms with Crippen molar-refractivity contribution in [3.05, 3.63) is 35.6 Å². The minimum atomic E-state index is -0.227. The van der Waals surface area contributed by atoms with Gasteiger partial charge in [0, 0.05) is 31.5 Å². The Hall–Kier alpha value is -1.38. The van der Waals surface area contributed by atoms with E-state index >= 15 is 0 Å². The number of rotatable bonds is 6. The second-order valence-corrected chi connectivity index (χ2v) is 8.29. The third-order valence-electron chi connectivity index (χ3n) is 6.19. The normalized spacial score (nSPS) is 21.5. The van der Waals surface area contributed by atoms with Crippen LogP contribution >= 0.6 is 24.0 Å². The van der Waals surface area contributed by atoms with Crippen LogP contribution in [0.25, 0.3) is 0 Å². The molecule has 2 aliphatic rings. The van der Waals surface area contributed by atoms with Crippen LogP contribution < -0.4 is 11.1 Å². The lowest BCUT2D eigenvalue weighted by Crippen LogP contribution is -2.47. The summed E-state index contributed by atoms with van der Waals surface area (Å²) in [6.45, 7) is 5.35. The predicted octanol–water partition coefficient (Wildman–Crippen LogP) is 3.81. The Labute approximate surface area is 190 Å². The highest BCUT2D eigenvalue weighted by Gasteiger charge is 2.36. The standard InChI is InChI=1S/C22H33FN4O.HI/c1-2-25-21(27-13-5-6-17(15-27)14-20(24)28)26-16-22(11-3-4-12-22)18-7-9-19(23)10-8-18;/h7-10,17H,2-6,11-16H2,1H3,(H2,24,28)(H,25,26);1H. The van der Waals surface area contributed by atoms with Gasteiger partial charge in [0.1, 0.15) is 5.82 Å². The lowest BCUT2D eigenvalue weighted by Gasteiger charge is -2.35. The molecule has 3 N–H and O–H groups in total. The first-order valence-corrected chi connectivity index (χ1v) is 10.6. The summed E-state index contributed by atoms with van der Waals surface area (Å²) in [5.74, 6) is 0.801. The molecule has 1 aliphatic heterocycles. The van der Waals surface area contributed by atoms with Gasteiger partial charge in [0.15, 0.2) is 5.96 Å². The zero-order valence-corrected chi connectivity index (χ0v) is 19.7. The Bertz CT molecular complexity index is 689. The van der Waals surface area contributed by atoms with E-state index < -0.39 is 0 Å². The van der Waals surface area contributed by atoms with Crippen LogP contribution in [0.2, 0.25) is 0 Å². The Kier molecular flexibility index (Phi) is 9.17. The number of halogens is 2. The van der Waals surface area contributed by atoms with Crippen molar-refractivity contribution in [2.45, 2.75) is 57.3 Å². The van der Waals surface area contributed by atoms with Crippen molar-refractivity contribution in [2.24, 2.45) is 16.6 Å². The number of benzene rings is 1. The summed E-state index contributed by atoms with van der Waals surface area (Å²) in [6.07, 6.45) is 7.08. The molecule has 1 aromatic carbocycles. The van der Waals surface area contributed by atoms with E-state index in [9.17, 15) is 9.18 Å². The number of amides is 1. The molecule has 1 atom stereocenters. The topological polar surface area (TPSA) is 70.7 Å². The van der Waals surface area contributed by atoms with Crippen LogP contribution in [0.5, 0.6) is 0 Å². The molecule has 29 heavy (non-hydrogen) atoms. The van der Waals surface area contributed by atoms with Crippen LogP contribution in [0.4, 0.5) is 4.39 Å². The number of piperidine rings is 1. The SMILES string of the molecule is CCNC(=NCC1(c2ccc(F)cc2)CCCC1)N1CCCC(CC(N)=O)C1.I. The minimum absolute atomic E-state index is 0. The number of carbonyl (C=O) groups excluding carboxylic acids is 1. The van der Waals surface area contributed by atoms with Gasteiger partial charge < -0.3 is 16.0 Å². The fourth-order valence-corrected chi connectivity index (χ4v) is 4.75.